The molecule has 0 N–H and O–H groups in total. The van der Waals surface area contributed by atoms with E-state index in [0.29, 0.717) is 5.56 Å². The van der Waals surface area contributed by atoms with Crippen LogP contribution in [0.4, 0.5) is 0 Å². The second-order valence-electron chi connectivity index (χ2n) is 4.46. The van der Waals surface area contributed by atoms with Gasteiger partial charge in [-0.25, -0.2) is 12.7 Å². The summed E-state index contributed by atoms with van der Waals surface area (Å²) < 4.78 is 25.0. The van der Waals surface area contributed by atoms with E-state index in [1.165, 1.54) is 32.3 Å². The summed E-state index contributed by atoms with van der Waals surface area (Å²) in [6, 6.07) is 6.02. The third-order valence-electron chi connectivity index (χ3n) is 2.42. The fraction of sp³-hybridized carbons (Fsp3) is 0.308. The van der Waals surface area contributed by atoms with Gasteiger partial charge >= 0.3 is 0 Å². The summed E-state index contributed by atoms with van der Waals surface area (Å²) in [7, 11) is 3.00. The van der Waals surface area contributed by atoms with E-state index in [4.69, 9.17) is 0 Å². The van der Waals surface area contributed by atoms with Crippen molar-refractivity contribution in [2.24, 2.45) is 0 Å². The van der Waals surface area contributed by atoms with Crippen molar-refractivity contribution in [3.05, 3.63) is 42.1 Å². The number of carbonyl (C=O) groups excluding carboxylic acids is 1. The van der Waals surface area contributed by atoms with Gasteiger partial charge in [0, 0.05) is 46.0 Å². The SMILES string of the molecule is CN(C)/C=C/C(=O)c1cccc(S(=O)(=O)N(C)C)c1. The van der Waals surface area contributed by atoms with Gasteiger partial charge in [0.15, 0.2) is 5.78 Å². The van der Waals surface area contributed by atoms with Crippen molar-refractivity contribution < 1.29 is 13.2 Å². The number of carbonyl (C=O) groups is 1. The van der Waals surface area contributed by atoms with Crippen molar-refractivity contribution in [2.75, 3.05) is 28.2 Å². The van der Waals surface area contributed by atoms with Crippen LogP contribution < -0.4 is 0 Å². The molecule has 0 radical (unpaired) electrons. The number of nitrogens with zero attached hydrogens (tertiary/aromatic N) is 2. The lowest BCUT2D eigenvalue weighted by molar-refractivity contribution is 0.104. The first-order valence-electron chi connectivity index (χ1n) is 5.66. The van der Waals surface area contributed by atoms with Crippen LogP contribution in [0.2, 0.25) is 0 Å². The molecule has 0 aromatic heterocycles. The van der Waals surface area contributed by atoms with E-state index in [9.17, 15) is 13.2 Å². The molecule has 104 valence electrons. The number of allylic oxidation sites excluding steroid dienone is 1. The third kappa shape index (κ3) is 3.90. The minimum Gasteiger partial charge on any atom is -0.383 e. The molecule has 0 bridgehead atoms. The molecule has 0 aliphatic rings. The average molecular weight is 282 g/mol. The quantitative estimate of drug-likeness (QED) is 0.601. The summed E-state index contributed by atoms with van der Waals surface area (Å²) in [6.45, 7) is 0. The fourth-order valence-corrected chi connectivity index (χ4v) is 2.28. The van der Waals surface area contributed by atoms with E-state index in [2.05, 4.69) is 0 Å². The zero-order valence-electron chi connectivity index (χ0n) is 11.5. The minimum atomic E-state index is -3.52. The highest BCUT2D eigenvalue weighted by Crippen LogP contribution is 2.15. The molecule has 0 heterocycles. The second-order valence-corrected chi connectivity index (χ2v) is 6.61. The molecule has 0 unspecified atom stereocenters. The molecular weight excluding hydrogens is 264 g/mol. The van der Waals surface area contributed by atoms with Crippen molar-refractivity contribution in [3.63, 3.8) is 0 Å². The lowest BCUT2D eigenvalue weighted by Crippen LogP contribution is -2.22. The van der Waals surface area contributed by atoms with Gasteiger partial charge in [-0.3, -0.25) is 4.79 Å². The molecule has 0 saturated heterocycles. The van der Waals surface area contributed by atoms with Crippen LogP contribution in [0.15, 0.2) is 41.4 Å². The van der Waals surface area contributed by atoms with Gasteiger partial charge in [0.25, 0.3) is 0 Å². The maximum Gasteiger partial charge on any atom is 0.242 e. The Hall–Kier alpha value is -1.66. The summed E-state index contributed by atoms with van der Waals surface area (Å²) in [4.78, 5) is 13.7. The van der Waals surface area contributed by atoms with Gasteiger partial charge in [-0.2, -0.15) is 0 Å². The Morgan fingerprint density at radius 2 is 1.79 bits per heavy atom. The molecule has 1 aromatic rings. The monoisotopic (exact) mass is 282 g/mol. The lowest BCUT2D eigenvalue weighted by atomic mass is 10.1. The Labute approximate surface area is 114 Å². The third-order valence-corrected chi connectivity index (χ3v) is 4.23. The van der Waals surface area contributed by atoms with Gasteiger partial charge < -0.3 is 4.90 Å². The van der Waals surface area contributed by atoms with Crippen molar-refractivity contribution >= 4 is 15.8 Å². The van der Waals surface area contributed by atoms with Crippen molar-refractivity contribution in [1.82, 2.24) is 9.21 Å². The highest BCUT2D eigenvalue weighted by molar-refractivity contribution is 7.89. The Bertz CT molecular complexity index is 590. The highest BCUT2D eigenvalue weighted by Gasteiger charge is 2.18. The molecule has 0 saturated carbocycles. The maximum atomic E-state index is 12.0. The predicted octanol–water partition coefficient (Wildman–Crippen LogP) is 1.19. The number of hydrogen-bond donors (Lipinski definition) is 0. The van der Waals surface area contributed by atoms with Crippen LogP contribution in [0, 0.1) is 0 Å². The van der Waals surface area contributed by atoms with Crippen LogP contribution in [0.5, 0.6) is 0 Å². The minimum absolute atomic E-state index is 0.113. The molecular formula is C13H18N2O3S. The average Bonchev–Trinajstić information content (AvgIpc) is 2.35. The Balaban J connectivity index is 3.12. The first-order valence-corrected chi connectivity index (χ1v) is 7.10. The summed E-state index contributed by atoms with van der Waals surface area (Å²) in [5.74, 6) is -0.232. The molecule has 5 nitrogen and oxygen atoms in total. The summed E-state index contributed by atoms with van der Waals surface area (Å²) in [6.07, 6.45) is 3.02. The molecule has 6 heteroatoms. The fourth-order valence-electron chi connectivity index (χ4n) is 1.33. The van der Waals surface area contributed by atoms with Gasteiger partial charge in [0.05, 0.1) is 4.90 Å². The topological polar surface area (TPSA) is 57.7 Å². The molecule has 0 aliphatic heterocycles. The molecule has 0 spiro atoms. The standard InChI is InChI=1S/C13H18N2O3S/c1-14(2)9-8-13(16)11-6-5-7-12(10-11)19(17,18)15(3)4/h5-10H,1-4H3/b9-8+. The first kappa shape index (κ1) is 15.4. The van der Waals surface area contributed by atoms with Crippen molar-refractivity contribution in [3.8, 4) is 0 Å². The van der Waals surface area contributed by atoms with Crippen LogP contribution in [0.25, 0.3) is 0 Å². The zero-order valence-corrected chi connectivity index (χ0v) is 12.3. The maximum absolute atomic E-state index is 12.0. The van der Waals surface area contributed by atoms with Gasteiger partial charge in [-0.1, -0.05) is 12.1 Å². The predicted molar refractivity (Wildman–Crippen MR) is 74.5 cm³/mol. The second kappa shape index (κ2) is 5.99. The lowest BCUT2D eigenvalue weighted by Gasteiger charge is -2.11. The Morgan fingerprint density at radius 1 is 1.16 bits per heavy atom. The van der Waals surface area contributed by atoms with Crippen molar-refractivity contribution in [2.45, 2.75) is 4.90 Å². The van der Waals surface area contributed by atoms with Gasteiger partial charge in [-0.15, -0.1) is 0 Å². The molecule has 0 atom stereocenters. The van der Waals surface area contributed by atoms with Crippen LogP contribution in [0.1, 0.15) is 10.4 Å². The van der Waals surface area contributed by atoms with Crippen LogP contribution in [-0.4, -0.2) is 51.6 Å². The van der Waals surface area contributed by atoms with E-state index in [0.717, 1.165) is 4.31 Å². The summed E-state index contributed by atoms with van der Waals surface area (Å²) >= 11 is 0. The van der Waals surface area contributed by atoms with Crippen LogP contribution in [-0.2, 0) is 10.0 Å². The number of sulfonamides is 1. The number of ketones is 1. The van der Waals surface area contributed by atoms with E-state index < -0.39 is 10.0 Å². The number of rotatable bonds is 5. The highest BCUT2D eigenvalue weighted by atomic mass is 32.2. The van der Waals surface area contributed by atoms with E-state index in [-0.39, 0.29) is 10.7 Å². The number of hydrogen-bond acceptors (Lipinski definition) is 4. The largest absolute Gasteiger partial charge is 0.383 e. The Kier molecular flexibility index (Phi) is 4.85. The molecule has 1 aromatic carbocycles. The molecule has 0 amide bonds. The van der Waals surface area contributed by atoms with Crippen molar-refractivity contribution in [1.29, 1.82) is 0 Å². The van der Waals surface area contributed by atoms with Crippen LogP contribution in [0.3, 0.4) is 0 Å². The molecule has 1 rings (SSSR count). The smallest absolute Gasteiger partial charge is 0.242 e. The normalized spacial score (nSPS) is 12.1. The van der Waals surface area contributed by atoms with E-state index >= 15 is 0 Å². The van der Waals surface area contributed by atoms with Gasteiger partial charge in [-0.05, 0) is 12.1 Å². The van der Waals surface area contributed by atoms with Gasteiger partial charge in [0.1, 0.15) is 0 Å². The van der Waals surface area contributed by atoms with Gasteiger partial charge in [0.2, 0.25) is 10.0 Å². The van der Waals surface area contributed by atoms with Crippen LogP contribution >= 0.6 is 0 Å². The zero-order chi connectivity index (χ0) is 14.6. The molecule has 0 aliphatic carbocycles. The summed E-state index contributed by atoms with van der Waals surface area (Å²) in [5, 5.41) is 0. The summed E-state index contributed by atoms with van der Waals surface area (Å²) in [5.41, 5.74) is 0.348. The molecule has 19 heavy (non-hydrogen) atoms. The Morgan fingerprint density at radius 3 is 2.32 bits per heavy atom. The van der Waals surface area contributed by atoms with E-state index in [1.54, 1.807) is 37.3 Å². The first-order chi connectivity index (χ1) is 8.75. The number of benzene rings is 1. The van der Waals surface area contributed by atoms with E-state index in [1.807, 2.05) is 0 Å². The molecule has 0 fully saturated rings.